The number of rotatable bonds is 4. The SMILES string of the molecule is CC.CO/C(=N\C1(N2CCC(N3CCCC3=O)CC2)C=CC1)C(F)(F)F.CS(=O)(=O)c1cc(F)c(O)c(F)c1. The summed E-state index contributed by atoms with van der Waals surface area (Å²) in [6.45, 7) is 6.04. The summed E-state index contributed by atoms with van der Waals surface area (Å²) < 4.78 is 90.2. The Labute approximate surface area is 225 Å². The van der Waals surface area contributed by atoms with Crippen LogP contribution in [-0.2, 0) is 19.4 Å². The summed E-state index contributed by atoms with van der Waals surface area (Å²) in [5.74, 6) is -4.75. The number of carbonyl (C=O) groups excluding carboxylic acids is 1. The number of ether oxygens (including phenoxy) is 1. The van der Waals surface area contributed by atoms with Crippen molar-refractivity contribution in [1.82, 2.24) is 9.80 Å². The van der Waals surface area contributed by atoms with E-state index >= 15 is 0 Å². The first-order valence-corrected chi connectivity index (χ1v) is 14.4. The first-order valence-electron chi connectivity index (χ1n) is 12.5. The number of carbonyl (C=O) groups is 1. The van der Waals surface area contributed by atoms with Crippen molar-refractivity contribution in [1.29, 1.82) is 0 Å². The van der Waals surface area contributed by atoms with Crippen LogP contribution in [0.2, 0.25) is 0 Å². The molecule has 1 unspecified atom stereocenters. The highest BCUT2D eigenvalue weighted by atomic mass is 32.2. The standard InChI is InChI=1S/C16H22F3N3O2.C7H6F2O3S.C2H6/c1-24-14(16(17,18)19)20-15(7-3-8-15)21-10-5-12(6-11-21)22-9-2-4-13(22)23;1-13(11,12)4-2-5(8)7(10)6(9)3-4;1-2/h3,7,12H,2,4-6,8-11H2,1H3;2-3,10H,1H3;1-2H3/b20-14-;;. The zero-order valence-corrected chi connectivity index (χ0v) is 23.1. The molecule has 1 aliphatic carbocycles. The molecule has 0 saturated carbocycles. The van der Waals surface area contributed by atoms with Crippen molar-refractivity contribution < 1.29 is 45.0 Å². The lowest BCUT2D eigenvalue weighted by atomic mass is 9.90. The Morgan fingerprint density at radius 3 is 2.03 bits per heavy atom. The molecule has 2 saturated heterocycles. The third-order valence-corrected chi connectivity index (χ3v) is 7.61. The van der Waals surface area contributed by atoms with E-state index in [2.05, 4.69) is 9.73 Å². The lowest BCUT2D eigenvalue weighted by Gasteiger charge is -2.47. The molecular weight excluding hydrogens is 549 g/mol. The van der Waals surface area contributed by atoms with Gasteiger partial charge in [0.2, 0.25) is 5.91 Å². The van der Waals surface area contributed by atoms with Crippen molar-refractivity contribution in [2.75, 3.05) is 33.0 Å². The minimum absolute atomic E-state index is 0.198. The molecular formula is C25H34F5N3O5S. The van der Waals surface area contributed by atoms with Gasteiger partial charge in [0, 0.05) is 44.8 Å². The van der Waals surface area contributed by atoms with Crippen LogP contribution in [0.3, 0.4) is 0 Å². The van der Waals surface area contributed by atoms with Gasteiger partial charge in [-0.3, -0.25) is 9.69 Å². The number of alkyl halides is 3. The van der Waals surface area contributed by atoms with Gasteiger partial charge in [-0.1, -0.05) is 19.9 Å². The third kappa shape index (κ3) is 7.90. The van der Waals surface area contributed by atoms with E-state index in [0.29, 0.717) is 38.1 Å². The second-order valence-electron chi connectivity index (χ2n) is 9.02. The number of likely N-dealkylation sites (tertiary alicyclic amines) is 2. The summed E-state index contributed by atoms with van der Waals surface area (Å²) in [4.78, 5) is 19.1. The second-order valence-corrected chi connectivity index (χ2v) is 11.0. The van der Waals surface area contributed by atoms with E-state index < -0.39 is 49.9 Å². The lowest BCUT2D eigenvalue weighted by Crippen LogP contribution is -2.56. The molecule has 1 amide bonds. The fraction of sp³-hybridized carbons (Fsp3) is 0.600. The Bertz CT molecular complexity index is 1160. The first kappa shape index (κ1) is 32.5. The van der Waals surface area contributed by atoms with E-state index in [4.69, 9.17) is 5.11 Å². The molecule has 3 aliphatic rings. The highest BCUT2D eigenvalue weighted by Gasteiger charge is 2.46. The Balaban J connectivity index is 0.000000301. The van der Waals surface area contributed by atoms with Crippen LogP contribution in [0.1, 0.15) is 46.0 Å². The van der Waals surface area contributed by atoms with Crippen LogP contribution >= 0.6 is 0 Å². The summed E-state index contributed by atoms with van der Waals surface area (Å²) in [5, 5.41) is 8.65. The molecule has 39 heavy (non-hydrogen) atoms. The molecule has 4 rings (SSSR count). The fourth-order valence-electron chi connectivity index (χ4n) is 4.49. The minimum Gasteiger partial charge on any atom is -0.503 e. The maximum absolute atomic E-state index is 12.9. The Hall–Kier alpha value is -2.74. The average Bonchev–Trinajstić information content (AvgIpc) is 3.28. The number of phenols is 1. The molecule has 0 aromatic heterocycles. The minimum atomic E-state index is -4.59. The highest BCUT2D eigenvalue weighted by Crippen LogP contribution is 2.37. The lowest BCUT2D eigenvalue weighted by molar-refractivity contribution is -0.130. The van der Waals surface area contributed by atoms with Crippen LogP contribution in [0.4, 0.5) is 22.0 Å². The number of aliphatic imine (C=N–C) groups is 1. The molecule has 0 bridgehead atoms. The molecule has 8 nitrogen and oxygen atoms in total. The third-order valence-electron chi connectivity index (χ3n) is 6.52. The van der Waals surface area contributed by atoms with Crippen LogP contribution in [0.25, 0.3) is 0 Å². The van der Waals surface area contributed by atoms with E-state index in [0.717, 1.165) is 39.2 Å². The van der Waals surface area contributed by atoms with Crippen molar-refractivity contribution in [3.05, 3.63) is 35.9 Å². The van der Waals surface area contributed by atoms with Gasteiger partial charge in [-0.2, -0.15) is 13.2 Å². The van der Waals surface area contributed by atoms with Crippen molar-refractivity contribution >= 4 is 21.6 Å². The molecule has 2 heterocycles. The summed E-state index contributed by atoms with van der Waals surface area (Å²) >= 11 is 0. The molecule has 1 N–H and O–H groups in total. The molecule has 2 aliphatic heterocycles. The van der Waals surface area contributed by atoms with Crippen molar-refractivity contribution in [3.8, 4) is 5.75 Å². The van der Waals surface area contributed by atoms with Crippen LogP contribution in [0.5, 0.6) is 5.75 Å². The predicted molar refractivity (Wildman–Crippen MR) is 135 cm³/mol. The van der Waals surface area contributed by atoms with Gasteiger partial charge in [0.05, 0.1) is 12.0 Å². The number of methoxy groups -OCH3 is 1. The number of benzene rings is 1. The fourth-order valence-corrected chi connectivity index (χ4v) is 5.13. The number of hydrogen-bond acceptors (Lipinski definition) is 7. The van der Waals surface area contributed by atoms with E-state index in [1.807, 2.05) is 29.7 Å². The molecule has 1 aromatic carbocycles. The number of hydrogen-bond donors (Lipinski definition) is 1. The number of halogens is 5. The monoisotopic (exact) mass is 583 g/mol. The maximum Gasteiger partial charge on any atom is 0.468 e. The van der Waals surface area contributed by atoms with Crippen LogP contribution in [-0.4, -0.2) is 86.0 Å². The Kier molecular flexibility index (Phi) is 10.9. The molecule has 2 fully saturated rings. The molecule has 0 spiro atoms. The largest absolute Gasteiger partial charge is 0.503 e. The molecule has 1 aromatic rings. The Morgan fingerprint density at radius 2 is 1.67 bits per heavy atom. The van der Waals surface area contributed by atoms with Crippen molar-refractivity contribution in [2.24, 2.45) is 4.99 Å². The van der Waals surface area contributed by atoms with E-state index in [-0.39, 0.29) is 11.9 Å². The van der Waals surface area contributed by atoms with Gasteiger partial charge in [0.15, 0.2) is 27.2 Å². The summed E-state index contributed by atoms with van der Waals surface area (Å²) in [6.07, 6.45) is 3.25. The maximum atomic E-state index is 12.9. The highest BCUT2D eigenvalue weighted by molar-refractivity contribution is 7.90. The number of aromatic hydroxyl groups is 1. The van der Waals surface area contributed by atoms with Crippen LogP contribution < -0.4 is 0 Å². The van der Waals surface area contributed by atoms with Gasteiger partial charge in [-0.25, -0.2) is 22.2 Å². The molecule has 14 heteroatoms. The summed E-state index contributed by atoms with van der Waals surface area (Å²) in [7, 11) is -2.66. The van der Waals surface area contributed by atoms with Crippen molar-refractivity contribution in [3.63, 3.8) is 0 Å². The normalized spacial score (nSPS) is 22.4. The van der Waals surface area contributed by atoms with Crippen LogP contribution in [0, 0.1) is 11.6 Å². The molecule has 220 valence electrons. The van der Waals surface area contributed by atoms with E-state index in [1.165, 1.54) is 0 Å². The number of piperidine rings is 1. The van der Waals surface area contributed by atoms with Crippen molar-refractivity contribution in [2.45, 2.75) is 68.7 Å². The molecule has 0 radical (unpaired) electrons. The van der Waals surface area contributed by atoms with Gasteiger partial charge in [-0.05, 0) is 37.5 Å². The number of nitrogens with zero attached hydrogens (tertiary/aromatic N) is 3. The zero-order valence-electron chi connectivity index (χ0n) is 22.3. The summed E-state index contributed by atoms with van der Waals surface area (Å²) in [6, 6.07) is 1.33. The van der Waals surface area contributed by atoms with Gasteiger partial charge in [0.25, 0.3) is 5.90 Å². The van der Waals surface area contributed by atoms with Gasteiger partial charge in [0.1, 0.15) is 5.66 Å². The smallest absolute Gasteiger partial charge is 0.468 e. The first-order chi connectivity index (χ1) is 18.2. The Morgan fingerprint density at radius 1 is 1.13 bits per heavy atom. The van der Waals surface area contributed by atoms with Gasteiger partial charge < -0.3 is 14.7 Å². The van der Waals surface area contributed by atoms with Gasteiger partial charge >= 0.3 is 6.18 Å². The zero-order chi connectivity index (χ0) is 29.6. The number of amides is 1. The summed E-state index contributed by atoms with van der Waals surface area (Å²) in [5.41, 5.74) is -0.957. The van der Waals surface area contributed by atoms with E-state index in [9.17, 15) is 35.2 Å². The van der Waals surface area contributed by atoms with Crippen LogP contribution in [0.15, 0.2) is 34.2 Å². The molecule has 1 atom stereocenters. The number of sulfone groups is 1. The van der Waals surface area contributed by atoms with Gasteiger partial charge in [-0.15, -0.1) is 0 Å². The second kappa shape index (κ2) is 13.1. The quantitative estimate of drug-likeness (QED) is 0.244. The number of phenolic OH excluding ortho intramolecular Hbond substituents is 1. The predicted octanol–water partition coefficient (Wildman–Crippen LogP) is 4.44. The average molecular weight is 584 g/mol. The van der Waals surface area contributed by atoms with E-state index in [1.54, 1.807) is 6.08 Å². The topological polar surface area (TPSA) is 99.5 Å².